The van der Waals surface area contributed by atoms with Crippen LogP contribution in [0.15, 0.2) is 18.2 Å². The SMILES string of the molecule is CCC(CC)(C(Cc1ccc(F)cc1Cl)NN)N(C)C. The van der Waals surface area contributed by atoms with Crippen molar-refractivity contribution in [3.05, 3.63) is 34.6 Å². The molecule has 0 saturated heterocycles. The summed E-state index contributed by atoms with van der Waals surface area (Å²) in [5, 5.41) is 0.449. The number of nitrogens with two attached hydrogens (primary N) is 1. The quantitative estimate of drug-likeness (QED) is 0.601. The van der Waals surface area contributed by atoms with Gasteiger partial charge in [0.05, 0.1) is 0 Å². The Bertz CT molecular complexity index is 433. The highest BCUT2D eigenvalue weighted by molar-refractivity contribution is 6.31. The van der Waals surface area contributed by atoms with Gasteiger partial charge in [-0.2, -0.15) is 0 Å². The van der Waals surface area contributed by atoms with Crippen molar-refractivity contribution >= 4 is 11.6 Å². The van der Waals surface area contributed by atoms with Gasteiger partial charge in [0.15, 0.2) is 0 Å². The van der Waals surface area contributed by atoms with E-state index in [1.807, 2.05) is 0 Å². The van der Waals surface area contributed by atoms with Crippen molar-refractivity contribution in [2.75, 3.05) is 14.1 Å². The lowest BCUT2D eigenvalue weighted by Gasteiger charge is -2.45. The molecule has 0 spiro atoms. The Morgan fingerprint density at radius 2 is 1.95 bits per heavy atom. The Morgan fingerprint density at radius 3 is 2.35 bits per heavy atom. The van der Waals surface area contributed by atoms with Gasteiger partial charge in [-0.15, -0.1) is 0 Å². The molecule has 20 heavy (non-hydrogen) atoms. The van der Waals surface area contributed by atoms with Gasteiger partial charge in [-0.05, 0) is 51.1 Å². The van der Waals surface area contributed by atoms with E-state index in [0.717, 1.165) is 18.4 Å². The zero-order chi connectivity index (χ0) is 15.3. The molecular formula is C15H25ClFN3. The molecule has 0 aliphatic rings. The maximum Gasteiger partial charge on any atom is 0.124 e. The maximum absolute atomic E-state index is 13.1. The van der Waals surface area contributed by atoms with Gasteiger partial charge in [-0.3, -0.25) is 11.3 Å². The summed E-state index contributed by atoms with van der Waals surface area (Å²) in [6, 6.07) is 4.55. The van der Waals surface area contributed by atoms with Crippen LogP contribution in [0.25, 0.3) is 0 Å². The maximum atomic E-state index is 13.1. The largest absolute Gasteiger partial charge is 0.302 e. The Kier molecular flexibility index (Phi) is 6.40. The van der Waals surface area contributed by atoms with Gasteiger partial charge >= 0.3 is 0 Å². The highest BCUT2D eigenvalue weighted by atomic mass is 35.5. The van der Waals surface area contributed by atoms with Crippen LogP contribution < -0.4 is 11.3 Å². The molecule has 0 saturated carbocycles. The molecule has 3 N–H and O–H groups in total. The van der Waals surface area contributed by atoms with Crippen LogP contribution in [-0.4, -0.2) is 30.6 Å². The van der Waals surface area contributed by atoms with Gasteiger partial charge in [-0.1, -0.05) is 31.5 Å². The summed E-state index contributed by atoms with van der Waals surface area (Å²) in [4.78, 5) is 2.20. The van der Waals surface area contributed by atoms with Crippen LogP contribution in [0.5, 0.6) is 0 Å². The van der Waals surface area contributed by atoms with Crippen LogP contribution in [0, 0.1) is 5.82 Å². The normalized spacial score (nSPS) is 13.8. The summed E-state index contributed by atoms with van der Waals surface area (Å²) in [7, 11) is 4.12. The summed E-state index contributed by atoms with van der Waals surface area (Å²) < 4.78 is 13.1. The Morgan fingerprint density at radius 1 is 1.35 bits per heavy atom. The van der Waals surface area contributed by atoms with Crippen molar-refractivity contribution in [1.82, 2.24) is 10.3 Å². The fraction of sp³-hybridized carbons (Fsp3) is 0.600. The summed E-state index contributed by atoms with van der Waals surface area (Å²) in [6.45, 7) is 4.31. The Hall–Kier alpha value is -0.680. The first kappa shape index (κ1) is 17.4. The van der Waals surface area contributed by atoms with Gasteiger partial charge in [-0.25, -0.2) is 4.39 Å². The highest BCUT2D eigenvalue weighted by Crippen LogP contribution is 2.29. The van der Waals surface area contributed by atoms with E-state index in [9.17, 15) is 4.39 Å². The van der Waals surface area contributed by atoms with Gasteiger partial charge in [0, 0.05) is 16.6 Å². The standard InChI is InChI=1S/C15H25ClFN3/c1-5-15(6-2,20(3)4)14(19-18)9-11-7-8-12(17)10-13(11)16/h7-8,10,14,19H,5-6,9,18H2,1-4H3. The molecule has 114 valence electrons. The third-order valence-electron chi connectivity index (χ3n) is 4.40. The molecule has 0 bridgehead atoms. The molecule has 0 amide bonds. The smallest absolute Gasteiger partial charge is 0.124 e. The average molecular weight is 302 g/mol. The van der Waals surface area contributed by atoms with Crippen molar-refractivity contribution in [2.45, 2.75) is 44.7 Å². The first-order chi connectivity index (χ1) is 9.41. The van der Waals surface area contributed by atoms with Gasteiger partial charge in [0.1, 0.15) is 5.82 Å². The number of hydrazine groups is 1. The second-order valence-corrected chi connectivity index (χ2v) is 5.77. The average Bonchev–Trinajstić information content (AvgIpc) is 2.41. The van der Waals surface area contributed by atoms with Crippen LogP contribution in [0.2, 0.25) is 5.02 Å². The van der Waals surface area contributed by atoms with Crippen LogP contribution >= 0.6 is 11.6 Å². The number of nitrogens with one attached hydrogen (secondary N) is 1. The molecule has 0 aromatic heterocycles. The number of nitrogens with zero attached hydrogens (tertiary/aromatic N) is 1. The molecule has 3 nitrogen and oxygen atoms in total. The zero-order valence-electron chi connectivity index (χ0n) is 12.7. The molecule has 0 aliphatic carbocycles. The topological polar surface area (TPSA) is 41.3 Å². The lowest BCUT2D eigenvalue weighted by Crippen LogP contribution is -2.61. The monoisotopic (exact) mass is 301 g/mol. The van der Waals surface area contributed by atoms with Gasteiger partial charge in [0.2, 0.25) is 0 Å². The van der Waals surface area contributed by atoms with Crippen LogP contribution in [0.4, 0.5) is 4.39 Å². The van der Waals surface area contributed by atoms with Crippen molar-refractivity contribution in [2.24, 2.45) is 5.84 Å². The molecular weight excluding hydrogens is 277 g/mol. The summed E-state index contributed by atoms with van der Waals surface area (Å²) in [5.41, 5.74) is 3.77. The van der Waals surface area contributed by atoms with Gasteiger partial charge in [0.25, 0.3) is 0 Å². The van der Waals surface area contributed by atoms with E-state index in [2.05, 4.69) is 38.3 Å². The van der Waals surface area contributed by atoms with E-state index in [1.54, 1.807) is 6.07 Å². The van der Waals surface area contributed by atoms with Crippen molar-refractivity contribution in [3.63, 3.8) is 0 Å². The minimum Gasteiger partial charge on any atom is -0.302 e. The number of likely N-dealkylation sites (N-methyl/N-ethyl adjacent to an activating group) is 1. The second-order valence-electron chi connectivity index (χ2n) is 5.36. The first-order valence-corrected chi connectivity index (χ1v) is 7.36. The molecule has 1 aromatic carbocycles. The van der Waals surface area contributed by atoms with E-state index < -0.39 is 0 Å². The van der Waals surface area contributed by atoms with Crippen molar-refractivity contribution < 1.29 is 4.39 Å². The van der Waals surface area contributed by atoms with E-state index >= 15 is 0 Å². The third kappa shape index (κ3) is 3.50. The van der Waals surface area contributed by atoms with Crippen LogP contribution in [0.3, 0.4) is 0 Å². The molecule has 0 radical (unpaired) electrons. The zero-order valence-corrected chi connectivity index (χ0v) is 13.5. The number of hydrogen-bond donors (Lipinski definition) is 2. The number of hydrogen-bond acceptors (Lipinski definition) is 3. The minimum atomic E-state index is -0.319. The highest BCUT2D eigenvalue weighted by Gasteiger charge is 2.37. The predicted molar refractivity (Wildman–Crippen MR) is 83.2 cm³/mol. The Balaban J connectivity index is 3.06. The Labute approximate surface area is 126 Å². The molecule has 5 heteroatoms. The molecule has 1 atom stereocenters. The molecule has 1 unspecified atom stereocenters. The van der Waals surface area contributed by atoms with E-state index in [0.29, 0.717) is 11.4 Å². The van der Waals surface area contributed by atoms with Crippen LogP contribution in [-0.2, 0) is 6.42 Å². The molecule has 0 fully saturated rings. The van der Waals surface area contributed by atoms with Crippen LogP contribution in [0.1, 0.15) is 32.3 Å². The summed E-state index contributed by atoms with van der Waals surface area (Å²) >= 11 is 6.12. The summed E-state index contributed by atoms with van der Waals surface area (Å²) in [5.74, 6) is 5.46. The lowest BCUT2D eigenvalue weighted by molar-refractivity contribution is 0.0882. The second kappa shape index (κ2) is 7.36. The third-order valence-corrected chi connectivity index (χ3v) is 4.76. The predicted octanol–water partition coefficient (Wildman–Crippen LogP) is 2.97. The first-order valence-electron chi connectivity index (χ1n) is 6.98. The molecule has 1 rings (SSSR count). The molecule has 0 heterocycles. The van der Waals surface area contributed by atoms with Crippen molar-refractivity contribution in [1.29, 1.82) is 0 Å². The summed E-state index contributed by atoms with van der Waals surface area (Å²) in [6.07, 6.45) is 2.59. The number of rotatable bonds is 7. The number of benzene rings is 1. The minimum absolute atomic E-state index is 0.0375. The molecule has 0 aliphatic heterocycles. The fourth-order valence-electron chi connectivity index (χ4n) is 3.00. The van der Waals surface area contributed by atoms with E-state index in [4.69, 9.17) is 17.4 Å². The van der Waals surface area contributed by atoms with Gasteiger partial charge < -0.3 is 4.90 Å². The lowest BCUT2D eigenvalue weighted by atomic mass is 9.80. The molecule has 1 aromatic rings. The fourth-order valence-corrected chi connectivity index (χ4v) is 3.24. The van der Waals surface area contributed by atoms with Crippen molar-refractivity contribution in [3.8, 4) is 0 Å². The van der Waals surface area contributed by atoms with E-state index in [1.165, 1.54) is 12.1 Å². The van der Waals surface area contributed by atoms with E-state index in [-0.39, 0.29) is 17.4 Å². The number of halogens is 2.